The van der Waals surface area contributed by atoms with Crippen LogP contribution >= 0.6 is 0 Å². The molecule has 4 nitrogen and oxygen atoms in total. The maximum Gasteiger partial charge on any atom is 0.144 e. The van der Waals surface area contributed by atoms with Gasteiger partial charge in [-0.1, -0.05) is 38.8 Å². The number of hydrogen-bond acceptors (Lipinski definition) is 3. The summed E-state index contributed by atoms with van der Waals surface area (Å²) in [5, 5.41) is 12.0. The van der Waals surface area contributed by atoms with Crippen LogP contribution in [-0.4, -0.2) is 35.6 Å². The molecule has 0 aromatic rings. The molecular formula is C15H31N3O. The molecule has 0 aromatic carbocycles. The second kappa shape index (κ2) is 7.73. The number of rotatable bonds is 6. The summed E-state index contributed by atoms with van der Waals surface area (Å²) in [4.78, 5) is 2.54. The molecule has 112 valence electrons. The second-order valence-corrected chi connectivity index (χ2v) is 6.55. The third-order valence-electron chi connectivity index (χ3n) is 4.49. The average molecular weight is 269 g/mol. The summed E-state index contributed by atoms with van der Waals surface area (Å²) in [6.45, 7) is 9.81. The van der Waals surface area contributed by atoms with Gasteiger partial charge in [-0.05, 0) is 51.2 Å². The van der Waals surface area contributed by atoms with Crippen LogP contribution in [0.25, 0.3) is 0 Å². The van der Waals surface area contributed by atoms with Gasteiger partial charge in [0.1, 0.15) is 5.84 Å². The molecule has 1 rings (SSSR count). The van der Waals surface area contributed by atoms with Crippen molar-refractivity contribution in [2.75, 3.05) is 19.6 Å². The lowest BCUT2D eigenvalue weighted by Gasteiger charge is -2.27. The van der Waals surface area contributed by atoms with Crippen molar-refractivity contribution >= 4 is 5.84 Å². The molecule has 1 atom stereocenters. The molecule has 0 spiro atoms. The Balaban J connectivity index is 2.38. The number of oxime groups is 1. The fraction of sp³-hybridized carbons (Fsp3) is 0.933. The third-order valence-corrected chi connectivity index (χ3v) is 4.49. The Morgan fingerprint density at radius 1 is 1.37 bits per heavy atom. The van der Waals surface area contributed by atoms with Gasteiger partial charge in [0.2, 0.25) is 0 Å². The van der Waals surface area contributed by atoms with Crippen LogP contribution in [0.2, 0.25) is 0 Å². The summed E-state index contributed by atoms with van der Waals surface area (Å²) in [6.07, 6.45) is 7.66. The van der Waals surface area contributed by atoms with E-state index in [-0.39, 0.29) is 5.41 Å². The van der Waals surface area contributed by atoms with E-state index in [1.807, 2.05) is 13.8 Å². The number of hydrogen-bond donors (Lipinski definition) is 2. The Bertz CT molecular complexity index is 289. The highest BCUT2D eigenvalue weighted by Crippen LogP contribution is 2.25. The molecule has 0 aliphatic carbocycles. The molecule has 1 unspecified atom stereocenters. The van der Waals surface area contributed by atoms with E-state index < -0.39 is 0 Å². The standard InChI is InChI=1S/C15H31N3O/c1-4-6-13-7-5-10-18(11-8-13)12-9-15(2,3)14(16)17-19/h13,19H,4-12H2,1-3H3,(H2,16,17). The lowest BCUT2D eigenvalue weighted by molar-refractivity contribution is 0.244. The van der Waals surface area contributed by atoms with Crippen molar-refractivity contribution < 1.29 is 5.21 Å². The molecule has 0 bridgehead atoms. The molecule has 1 aliphatic heterocycles. The number of likely N-dealkylation sites (tertiary alicyclic amines) is 1. The monoisotopic (exact) mass is 269 g/mol. The highest BCUT2D eigenvalue weighted by molar-refractivity contribution is 5.85. The first kappa shape index (κ1) is 16.3. The zero-order valence-electron chi connectivity index (χ0n) is 12.9. The summed E-state index contributed by atoms with van der Waals surface area (Å²) >= 11 is 0. The average Bonchev–Trinajstić information content (AvgIpc) is 2.61. The van der Waals surface area contributed by atoms with Gasteiger partial charge in [0, 0.05) is 5.41 Å². The minimum absolute atomic E-state index is 0.218. The van der Waals surface area contributed by atoms with Crippen LogP contribution in [0.3, 0.4) is 0 Å². The SMILES string of the molecule is CCCC1CCCN(CCC(C)(C)C(N)=NO)CC1. The van der Waals surface area contributed by atoms with E-state index in [1.54, 1.807) is 0 Å². The molecule has 1 heterocycles. The van der Waals surface area contributed by atoms with E-state index >= 15 is 0 Å². The van der Waals surface area contributed by atoms with Crippen LogP contribution < -0.4 is 5.73 Å². The van der Waals surface area contributed by atoms with Crippen molar-refractivity contribution in [1.82, 2.24) is 4.90 Å². The van der Waals surface area contributed by atoms with Gasteiger partial charge in [-0.3, -0.25) is 0 Å². The first-order valence-corrected chi connectivity index (χ1v) is 7.70. The molecule has 0 aromatic heterocycles. The van der Waals surface area contributed by atoms with E-state index in [2.05, 4.69) is 17.0 Å². The molecule has 0 radical (unpaired) electrons. The zero-order valence-corrected chi connectivity index (χ0v) is 12.9. The zero-order chi connectivity index (χ0) is 14.3. The van der Waals surface area contributed by atoms with Gasteiger partial charge < -0.3 is 15.8 Å². The first-order chi connectivity index (χ1) is 8.99. The van der Waals surface area contributed by atoms with Crippen molar-refractivity contribution in [3.05, 3.63) is 0 Å². The molecule has 4 heteroatoms. The van der Waals surface area contributed by atoms with Crippen molar-refractivity contribution in [3.8, 4) is 0 Å². The van der Waals surface area contributed by atoms with Gasteiger partial charge >= 0.3 is 0 Å². The Kier molecular flexibility index (Phi) is 6.63. The number of amidine groups is 1. The van der Waals surface area contributed by atoms with E-state index in [1.165, 1.54) is 45.2 Å². The number of nitrogens with zero attached hydrogens (tertiary/aromatic N) is 2. The molecule has 1 fully saturated rings. The second-order valence-electron chi connectivity index (χ2n) is 6.55. The van der Waals surface area contributed by atoms with Crippen LogP contribution in [0.1, 0.15) is 59.3 Å². The molecule has 3 N–H and O–H groups in total. The molecule has 0 saturated carbocycles. The topological polar surface area (TPSA) is 61.8 Å². The predicted molar refractivity (Wildman–Crippen MR) is 80.5 cm³/mol. The first-order valence-electron chi connectivity index (χ1n) is 7.70. The Morgan fingerprint density at radius 3 is 2.74 bits per heavy atom. The third kappa shape index (κ3) is 5.39. The van der Waals surface area contributed by atoms with Crippen LogP contribution in [0, 0.1) is 11.3 Å². The minimum atomic E-state index is -0.218. The minimum Gasteiger partial charge on any atom is -0.409 e. The summed E-state index contributed by atoms with van der Waals surface area (Å²) in [6, 6.07) is 0. The van der Waals surface area contributed by atoms with Gasteiger partial charge in [-0.25, -0.2) is 0 Å². The van der Waals surface area contributed by atoms with Crippen LogP contribution in [0.4, 0.5) is 0 Å². The van der Waals surface area contributed by atoms with Gasteiger partial charge in [-0.15, -0.1) is 0 Å². The molecule has 0 amide bonds. The largest absolute Gasteiger partial charge is 0.409 e. The van der Waals surface area contributed by atoms with E-state index in [9.17, 15) is 0 Å². The van der Waals surface area contributed by atoms with E-state index in [4.69, 9.17) is 10.9 Å². The van der Waals surface area contributed by atoms with Gasteiger partial charge in [0.15, 0.2) is 0 Å². The van der Waals surface area contributed by atoms with Crippen LogP contribution in [0.5, 0.6) is 0 Å². The lowest BCUT2D eigenvalue weighted by Crippen LogP contribution is -2.36. The lowest BCUT2D eigenvalue weighted by atomic mass is 9.88. The molecule has 19 heavy (non-hydrogen) atoms. The highest BCUT2D eigenvalue weighted by atomic mass is 16.4. The fourth-order valence-electron chi connectivity index (χ4n) is 2.85. The van der Waals surface area contributed by atoms with Crippen LogP contribution in [0.15, 0.2) is 5.16 Å². The molecule has 1 aliphatic rings. The normalized spacial score (nSPS) is 23.3. The Hall–Kier alpha value is -0.770. The fourth-order valence-corrected chi connectivity index (χ4v) is 2.85. The van der Waals surface area contributed by atoms with Gasteiger partial charge in [0.25, 0.3) is 0 Å². The predicted octanol–water partition coefficient (Wildman–Crippen LogP) is 3.05. The van der Waals surface area contributed by atoms with Crippen molar-refractivity contribution in [2.45, 2.75) is 59.3 Å². The molecule has 1 saturated heterocycles. The van der Waals surface area contributed by atoms with Crippen molar-refractivity contribution in [3.63, 3.8) is 0 Å². The summed E-state index contributed by atoms with van der Waals surface area (Å²) < 4.78 is 0. The quantitative estimate of drug-likeness (QED) is 0.337. The van der Waals surface area contributed by atoms with Gasteiger partial charge in [-0.2, -0.15) is 0 Å². The maximum atomic E-state index is 8.80. The van der Waals surface area contributed by atoms with E-state index in [0.717, 1.165) is 18.9 Å². The summed E-state index contributed by atoms with van der Waals surface area (Å²) in [5.41, 5.74) is 5.52. The summed E-state index contributed by atoms with van der Waals surface area (Å²) in [7, 11) is 0. The molecular weight excluding hydrogens is 238 g/mol. The van der Waals surface area contributed by atoms with Crippen molar-refractivity contribution in [2.24, 2.45) is 22.2 Å². The van der Waals surface area contributed by atoms with Crippen LogP contribution in [-0.2, 0) is 0 Å². The van der Waals surface area contributed by atoms with E-state index in [0.29, 0.717) is 5.84 Å². The van der Waals surface area contributed by atoms with Gasteiger partial charge in [0.05, 0.1) is 0 Å². The summed E-state index contributed by atoms with van der Waals surface area (Å²) in [5.74, 6) is 1.26. The Morgan fingerprint density at radius 2 is 2.11 bits per heavy atom. The maximum absolute atomic E-state index is 8.80. The number of nitrogens with two attached hydrogens (primary N) is 1. The van der Waals surface area contributed by atoms with Crippen molar-refractivity contribution in [1.29, 1.82) is 0 Å². The smallest absolute Gasteiger partial charge is 0.144 e. The highest BCUT2D eigenvalue weighted by Gasteiger charge is 2.25. The Labute approximate surface area is 118 Å².